The van der Waals surface area contributed by atoms with Crippen molar-refractivity contribution in [2.45, 2.75) is 51.7 Å². The average molecular weight is 243 g/mol. The van der Waals surface area contributed by atoms with Crippen LogP contribution in [0.4, 0.5) is 0 Å². The Balaban J connectivity index is 2.05. The lowest BCUT2D eigenvalue weighted by Crippen LogP contribution is -2.59. The first-order valence-electron chi connectivity index (χ1n) is 6.53. The molecule has 0 aromatic heterocycles. The van der Waals surface area contributed by atoms with Gasteiger partial charge in [0.2, 0.25) is 0 Å². The van der Waals surface area contributed by atoms with Crippen LogP contribution in [0.1, 0.15) is 40.0 Å². The van der Waals surface area contributed by atoms with Crippen LogP contribution < -0.4 is 5.32 Å². The average Bonchev–Trinajstić information content (AvgIpc) is 2.71. The predicted molar refractivity (Wildman–Crippen MR) is 71.1 cm³/mol. The number of hydrogen-bond acceptors (Lipinski definition) is 3. The number of ether oxygens (including phenoxy) is 1. The molecule has 2 saturated heterocycles. The minimum absolute atomic E-state index is 0.148. The number of nitrogens with one attached hydrogen (secondary N) is 1. The van der Waals surface area contributed by atoms with E-state index in [1.165, 1.54) is 30.8 Å². The Morgan fingerprint density at radius 3 is 2.94 bits per heavy atom. The van der Waals surface area contributed by atoms with Crippen molar-refractivity contribution in [3.63, 3.8) is 0 Å². The third-order valence-electron chi connectivity index (χ3n) is 4.25. The highest BCUT2D eigenvalue weighted by Gasteiger charge is 2.46. The highest BCUT2D eigenvalue weighted by molar-refractivity contribution is 7.99. The summed E-state index contributed by atoms with van der Waals surface area (Å²) in [4.78, 5) is 0. The van der Waals surface area contributed by atoms with E-state index in [2.05, 4.69) is 37.8 Å². The molecule has 0 saturated carbocycles. The lowest BCUT2D eigenvalue weighted by molar-refractivity contribution is -0.0873. The Morgan fingerprint density at radius 1 is 1.50 bits per heavy atom. The van der Waals surface area contributed by atoms with Crippen LogP contribution >= 0.6 is 11.8 Å². The Kier molecular flexibility index (Phi) is 3.87. The monoisotopic (exact) mass is 243 g/mol. The molecule has 0 aliphatic carbocycles. The Morgan fingerprint density at radius 2 is 2.31 bits per heavy atom. The third-order valence-corrected chi connectivity index (χ3v) is 5.43. The van der Waals surface area contributed by atoms with Gasteiger partial charge in [0.15, 0.2) is 0 Å². The fraction of sp³-hybridized carbons (Fsp3) is 1.00. The molecule has 2 fully saturated rings. The van der Waals surface area contributed by atoms with Gasteiger partial charge in [0, 0.05) is 18.3 Å². The van der Waals surface area contributed by atoms with Crippen LogP contribution in [-0.2, 0) is 4.74 Å². The van der Waals surface area contributed by atoms with Gasteiger partial charge in [-0.3, -0.25) is 0 Å². The van der Waals surface area contributed by atoms with Crippen molar-refractivity contribution in [2.24, 2.45) is 5.41 Å². The van der Waals surface area contributed by atoms with Gasteiger partial charge < -0.3 is 10.1 Å². The molecule has 2 unspecified atom stereocenters. The summed E-state index contributed by atoms with van der Waals surface area (Å²) in [7, 11) is 0. The van der Waals surface area contributed by atoms with E-state index in [1.54, 1.807) is 0 Å². The van der Waals surface area contributed by atoms with Crippen LogP contribution in [0.25, 0.3) is 0 Å². The first-order valence-corrected chi connectivity index (χ1v) is 7.69. The molecule has 16 heavy (non-hydrogen) atoms. The highest BCUT2D eigenvalue weighted by atomic mass is 32.2. The Hall–Kier alpha value is 0.270. The summed E-state index contributed by atoms with van der Waals surface area (Å²) in [6, 6.07) is 0.561. The van der Waals surface area contributed by atoms with Crippen molar-refractivity contribution >= 4 is 11.8 Å². The first-order chi connectivity index (χ1) is 7.58. The van der Waals surface area contributed by atoms with E-state index in [0.717, 1.165) is 13.2 Å². The van der Waals surface area contributed by atoms with Crippen molar-refractivity contribution in [1.82, 2.24) is 5.32 Å². The van der Waals surface area contributed by atoms with Gasteiger partial charge in [0.25, 0.3) is 0 Å². The van der Waals surface area contributed by atoms with Gasteiger partial charge >= 0.3 is 0 Å². The second kappa shape index (κ2) is 4.87. The number of thioether (sulfide) groups is 1. The van der Waals surface area contributed by atoms with Crippen LogP contribution in [0, 0.1) is 5.41 Å². The van der Waals surface area contributed by atoms with Gasteiger partial charge in [-0.2, -0.15) is 11.8 Å². The molecule has 2 nitrogen and oxygen atoms in total. The number of rotatable bonds is 3. The normalized spacial score (nSPS) is 35.8. The van der Waals surface area contributed by atoms with Crippen LogP contribution in [-0.4, -0.2) is 36.3 Å². The fourth-order valence-electron chi connectivity index (χ4n) is 2.68. The van der Waals surface area contributed by atoms with E-state index < -0.39 is 0 Å². The van der Waals surface area contributed by atoms with Crippen LogP contribution in [0.5, 0.6) is 0 Å². The maximum Gasteiger partial charge on any atom is 0.0933 e. The van der Waals surface area contributed by atoms with Gasteiger partial charge in [-0.1, -0.05) is 27.2 Å². The molecular weight excluding hydrogens is 218 g/mol. The molecule has 94 valence electrons. The maximum atomic E-state index is 6.15. The van der Waals surface area contributed by atoms with Crippen LogP contribution in [0.2, 0.25) is 0 Å². The lowest BCUT2D eigenvalue weighted by atomic mass is 9.77. The number of morpholine rings is 1. The van der Waals surface area contributed by atoms with Crippen molar-refractivity contribution in [1.29, 1.82) is 0 Å². The molecule has 1 spiro atoms. The standard InChI is InChI=1S/C13H25NOS/c1-4-12(2,3)9-11-13(5-8-16-10-13)15-7-6-14-11/h11,14H,4-10H2,1-3H3. The van der Waals surface area contributed by atoms with E-state index in [4.69, 9.17) is 4.74 Å². The zero-order valence-electron chi connectivity index (χ0n) is 10.8. The van der Waals surface area contributed by atoms with E-state index in [0.29, 0.717) is 11.5 Å². The van der Waals surface area contributed by atoms with Gasteiger partial charge in [-0.05, 0) is 24.0 Å². The topological polar surface area (TPSA) is 21.3 Å². The van der Waals surface area contributed by atoms with Crippen molar-refractivity contribution in [3.8, 4) is 0 Å². The SMILES string of the molecule is CCC(C)(C)CC1NCCOC12CCSC2. The predicted octanol–water partition coefficient (Wildman–Crippen LogP) is 2.68. The maximum absolute atomic E-state index is 6.15. The summed E-state index contributed by atoms with van der Waals surface area (Å²) < 4.78 is 6.15. The summed E-state index contributed by atoms with van der Waals surface area (Å²) in [6.45, 7) is 8.96. The highest BCUT2D eigenvalue weighted by Crippen LogP contribution is 2.40. The zero-order chi connectivity index (χ0) is 11.6. The van der Waals surface area contributed by atoms with Gasteiger partial charge in [-0.25, -0.2) is 0 Å². The van der Waals surface area contributed by atoms with E-state index in [1.807, 2.05) is 0 Å². The van der Waals surface area contributed by atoms with Crippen molar-refractivity contribution in [3.05, 3.63) is 0 Å². The molecule has 2 heterocycles. The van der Waals surface area contributed by atoms with E-state index >= 15 is 0 Å². The molecule has 0 aromatic carbocycles. The quantitative estimate of drug-likeness (QED) is 0.823. The second-order valence-electron chi connectivity index (χ2n) is 5.94. The summed E-state index contributed by atoms with van der Waals surface area (Å²) in [6.07, 6.45) is 3.72. The van der Waals surface area contributed by atoms with Gasteiger partial charge in [0.1, 0.15) is 0 Å². The van der Waals surface area contributed by atoms with E-state index in [9.17, 15) is 0 Å². The summed E-state index contributed by atoms with van der Waals surface area (Å²) in [5.74, 6) is 2.45. The smallest absolute Gasteiger partial charge is 0.0933 e. The molecule has 1 N–H and O–H groups in total. The largest absolute Gasteiger partial charge is 0.371 e. The third kappa shape index (κ3) is 2.57. The van der Waals surface area contributed by atoms with Crippen LogP contribution in [0.15, 0.2) is 0 Å². The minimum Gasteiger partial charge on any atom is -0.371 e. The fourth-order valence-corrected chi connectivity index (χ4v) is 4.09. The number of hydrogen-bond donors (Lipinski definition) is 1. The van der Waals surface area contributed by atoms with Crippen molar-refractivity contribution < 1.29 is 4.74 Å². The van der Waals surface area contributed by atoms with Crippen LogP contribution in [0.3, 0.4) is 0 Å². The minimum atomic E-state index is 0.148. The van der Waals surface area contributed by atoms with Gasteiger partial charge in [0.05, 0.1) is 12.2 Å². The summed E-state index contributed by atoms with van der Waals surface area (Å²) in [5, 5.41) is 3.70. The molecule has 3 heteroatoms. The first kappa shape index (κ1) is 12.7. The summed E-state index contributed by atoms with van der Waals surface area (Å²) >= 11 is 2.05. The summed E-state index contributed by atoms with van der Waals surface area (Å²) in [5.41, 5.74) is 0.577. The molecular formula is C13H25NOS. The lowest BCUT2D eigenvalue weighted by Gasteiger charge is -2.44. The molecule has 0 aromatic rings. The molecule has 0 radical (unpaired) electrons. The van der Waals surface area contributed by atoms with Gasteiger partial charge in [-0.15, -0.1) is 0 Å². The molecule has 2 rings (SSSR count). The molecule has 0 bridgehead atoms. The molecule has 0 amide bonds. The molecule has 2 aliphatic rings. The zero-order valence-corrected chi connectivity index (χ0v) is 11.7. The molecule has 2 atom stereocenters. The Bertz CT molecular complexity index is 236. The molecule has 2 aliphatic heterocycles. The Labute approximate surface area is 104 Å². The van der Waals surface area contributed by atoms with E-state index in [-0.39, 0.29) is 5.60 Å². The second-order valence-corrected chi connectivity index (χ2v) is 7.05. The van der Waals surface area contributed by atoms with Crippen molar-refractivity contribution in [2.75, 3.05) is 24.7 Å².